The van der Waals surface area contributed by atoms with E-state index in [4.69, 9.17) is 10.3 Å². The summed E-state index contributed by atoms with van der Waals surface area (Å²) < 4.78 is 5.20. The van der Waals surface area contributed by atoms with Gasteiger partial charge in [0.15, 0.2) is 5.82 Å². The van der Waals surface area contributed by atoms with Crippen molar-refractivity contribution in [2.24, 2.45) is 5.73 Å². The average molecular weight is 245 g/mol. The molecule has 2 N–H and O–H groups in total. The van der Waals surface area contributed by atoms with Crippen LogP contribution in [0.3, 0.4) is 0 Å². The van der Waals surface area contributed by atoms with Crippen LogP contribution in [-0.4, -0.2) is 10.1 Å². The van der Waals surface area contributed by atoms with Crippen molar-refractivity contribution in [3.63, 3.8) is 0 Å². The van der Waals surface area contributed by atoms with Gasteiger partial charge in [-0.3, -0.25) is 0 Å². The van der Waals surface area contributed by atoms with E-state index in [0.717, 1.165) is 19.3 Å². The van der Waals surface area contributed by atoms with E-state index in [2.05, 4.69) is 41.3 Å². The minimum atomic E-state index is -0.124. The molecule has 96 valence electrons. The lowest BCUT2D eigenvalue weighted by molar-refractivity contribution is 0.369. The summed E-state index contributed by atoms with van der Waals surface area (Å²) in [6.07, 6.45) is 2.48. The number of hydrogen-bond donors (Lipinski definition) is 1. The molecule has 0 radical (unpaired) electrons. The zero-order valence-corrected chi connectivity index (χ0v) is 10.9. The van der Waals surface area contributed by atoms with Crippen LogP contribution in [0.25, 0.3) is 0 Å². The monoisotopic (exact) mass is 245 g/mol. The maximum Gasteiger partial charge on any atom is 0.227 e. The standard InChI is InChI=1S/C14H19N3O/c1-3-12(15)14-16-13(18-17-14)8-7-11-6-4-5-10(2)9-11/h4-6,9,12H,3,7-8,15H2,1-2H3. The van der Waals surface area contributed by atoms with Gasteiger partial charge in [-0.2, -0.15) is 4.98 Å². The van der Waals surface area contributed by atoms with Crippen LogP contribution < -0.4 is 5.73 Å². The van der Waals surface area contributed by atoms with Crippen LogP contribution in [0.2, 0.25) is 0 Å². The van der Waals surface area contributed by atoms with E-state index in [9.17, 15) is 0 Å². The lowest BCUT2D eigenvalue weighted by Crippen LogP contribution is -2.10. The van der Waals surface area contributed by atoms with E-state index in [1.165, 1.54) is 11.1 Å². The van der Waals surface area contributed by atoms with E-state index in [1.807, 2.05) is 6.92 Å². The minimum Gasteiger partial charge on any atom is -0.339 e. The van der Waals surface area contributed by atoms with Gasteiger partial charge in [-0.05, 0) is 25.3 Å². The smallest absolute Gasteiger partial charge is 0.227 e. The number of hydrogen-bond acceptors (Lipinski definition) is 4. The molecular formula is C14H19N3O. The van der Waals surface area contributed by atoms with Gasteiger partial charge in [-0.15, -0.1) is 0 Å². The van der Waals surface area contributed by atoms with E-state index in [-0.39, 0.29) is 6.04 Å². The Hall–Kier alpha value is -1.68. The molecule has 0 aliphatic carbocycles. The van der Waals surface area contributed by atoms with E-state index < -0.39 is 0 Å². The number of aryl methyl sites for hydroxylation is 3. The van der Waals surface area contributed by atoms with Crippen molar-refractivity contribution in [1.82, 2.24) is 10.1 Å². The molecule has 1 aromatic heterocycles. The van der Waals surface area contributed by atoms with E-state index in [0.29, 0.717) is 11.7 Å². The van der Waals surface area contributed by atoms with Gasteiger partial charge in [0.25, 0.3) is 0 Å². The molecule has 1 atom stereocenters. The fourth-order valence-corrected chi connectivity index (χ4v) is 1.82. The van der Waals surface area contributed by atoms with Gasteiger partial charge >= 0.3 is 0 Å². The van der Waals surface area contributed by atoms with Crippen LogP contribution in [-0.2, 0) is 12.8 Å². The molecule has 0 amide bonds. The predicted octanol–water partition coefficient (Wildman–Crippen LogP) is 2.57. The first-order valence-electron chi connectivity index (χ1n) is 6.32. The zero-order chi connectivity index (χ0) is 13.0. The molecule has 0 fully saturated rings. The second-order valence-electron chi connectivity index (χ2n) is 4.55. The molecule has 0 spiro atoms. The van der Waals surface area contributed by atoms with Crippen molar-refractivity contribution in [3.05, 3.63) is 47.1 Å². The molecule has 2 aromatic rings. The summed E-state index contributed by atoms with van der Waals surface area (Å²) in [4.78, 5) is 4.32. The normalized spacial score (nSPS) is 12.6. The van der Waals surface area contributed by atoms with Crippen LogP contribution >= 0.6 is 0 Å². The highest BCUT2D eigenvalue weighted by molar-refractivity contribution is 5.22. The topological polar surface area (TPSA) is 64.9 Å². The molecule has 1 heterocycles. The van der Waals surface area contributed by atoms with Crippen molar-refractivity contribution >= 4 is 0 Å². The van der Waals surface area contributed by atoms with Crippen LogP contribution in [0.15, 0.2) is 28.8 Å². The molecule has 18 heavy (non-hydrogen) atoms. The molecule has 0 aliphatic heterocycles. The van der Waals surface area contributed by atoms with Gasteiger partial charge in [0.2, 0.25) is 5.89 Å². The summed E-state index contributed by atoms with van der Waals surface area (Å²) in [5.74, 6) is 1.27. The Labute approximate surface area is 107 Å². The fourth-order valence-electron chi connectivity index (χ4n) is 1.82. The predicted molar refractivity (Wildman–Crippen MR) is 70.1 cm³/mol. The van der Waals surface area contributed by atoms with Gasteiger partial charge in [0.1, 0.15) is 0 Å². The number of benzene rings is 1. The Kier molecular flexibility index (Phi) is 4.10. The maximum absolute atomic E-state index is 5.85. The van der Waals surface area contributed by atoms with E-state index >= 15 is 0 Å². The van der Waals surface area contributed by atoms with Gasteiger partial charge in [0.05, 0.1) is 6.04 Å². The Morgan fingerprint density at radius 2 is 2.17 bits per heavy atom. The summed E-state index contributed by atoms with van der Waals surface area (Å²) in [5, 5.41) is 3.91. The Balaban J connectivity index is 1.96. The Morgan fingerprint density at radius 1 is 1.33 bits per heavy atom. The fraction of sp³-hybridized carbons (Fsp3) is 0.429. The molecule has 1 aromatic carbocycles. The lowest BCUT2D eigenvalue weighted by Gasteiger charge is -2.00. The molecule has 0 aliphatic rings. The number of nitrogens with zero attached hydrogens (tertiary/aromatic N) is 2. The molecule has 2 rings (SSSR count). The first kappa shape index (κ1) is 12.8. The molecular weight excluding hydrogens is 226 g/mol. The van der Waals surface area contributed by atoms with Gasteiger partial charge in [-0.25, -0.2) is 0 Å². The van der Waals surface area contributed by atoms with Crippen LogP contribution in [0.1, 0.15) is 42.2 Å². The minimum absolute atomic E-state index is 0.124. The molecule has 4 nitrogen and oxygen atoms in total. The second-order valence-corrected chi connectivity index (χ2v) is 4.55. The summed E-state index contributed by atoms with van der Waals surface area (Å²) >= 11 is 0. The highest BCUT2D eigenvalue weighted by Gasteiger charge is 2.12. The molecule has 4 heteroatoms. The summed E-state index contributed by atoms with van der Waals surface area (Å²) in [7, 11) is 0. The van der Waals surface area contributed by atoms with Crippen molar-refractivity contribution in [2.75, 3.05) is 0 Å². The zero-order valence-electron chi connectivity index (χ0n) is 10.9. The summed E-state index contributed by atoms with van der Waals surface area (Å²) in [5.41, 5.74) is 8.41. The highest BCUT2D eigenvalue weighted by atomic mass is 16.5. The average Bonchev–Trinajstić information content (AvgIpc) is 2.84. The van der Waals surface area contributed by atoms with E-state index in [1.54, 1.807) is 0 Å². The number of rotatable bonds is 5. The lowest BCUT2D eigenvalue weighted by atomic mass is 10.1. The summed E-state index contributed by atoms with van der Waals surface area (Å²) in [6.45, 7) is 4.10. The second kappa shape index (κ2) is 5.78. The third-order valence-electron chi connectivity index (χ3n) is 2.97. The van der Waals surface area contributed by atoms with Gasteiger partial charge in [-0.1, -0.05) is 41.9 Å². The largest absolute Gasteiger partial charge is 0.339 e. The SMILES string of the molecule is CCC(N)c1noc(CCc2cccc(C)c2)n1. The third-order valence-corrected chi connectivity index (χ3v) is 2.97. The maximum atomic E-state index is 5.85. The first-order chi connectivity index (χ1) is 8.69. The molecule has 0 saturated carbocycles. The third kappa shape index (κ3) is 3.17. The van der Waals surface area contributed by atoms with Crippen molar-refractivity contribution in [2.45, 2.75) is 39.2 Å². The van der Waals surface area contributed by atoms with Crippen molar-refractivity contribution in [3.8, 4) is 0 Å². The highest BCUT2D eigenvalue weighted by Crippen LogP contribution is 2.12. The van der Waals surface area contributed by atoms with Crippen molar-refractivity contribution < 1.29 is 4.52 Å². The summed E-state index contributed by atoms with van der Waals surface area (Å²) in [6, 6.07) is 8.32. The number of aromatic nitrogens is 2. The van der Waals surface area contributed by atoms with Crippen molar-refractivity contribution in [1.29, 1.82) is 0 Å². The Bertz CT molecular complexity index is 507. The van der Waals surface area contributed by atoms with Crippen LogP contribution in [0, 0.1) is 6.92 Å². The van der Waals surface area contributed by atoms with Crippen LogP contribution in [0.4, 0.5) is 0 Å². The van der Waals surface area contributed by atoms with Gasteiger partial charge < -0.3 is 10.3 Å². The van der Waals surface area contributed by atoms with Crippen LogP contribution in [0.5, 0.6) is 0 Å². The first-order valence-corrected chi connectivity index (χ1v) is 6.32. The number of nitrogens with two attached hydrogens (primary N) is 1. The van der Waals surface area contributed by atoms with Gasteiger partial charge in [0, 0.05) is 6.42 Å². The molecule has 1 unspecified atom stereocenters. The molecule has 0 bridgehead atoms. The quantitative estimate of drug-likeness (QED) is 0.879. The molecule has 0 saturated heterocycles. The Morgan fingerprint density at radius 3 is 2.89 bits per heavy atom.